The summed E-state index contributed by atoms with van der Waals surface area (Å²) in [7, 11) is -1.34. The molecule has 11 rings (SSSR count). The molecule has 3 aromatic heterocycles. The minimum atomic E-state index is -1.34. The third-order valence-electron chi connectivity index (χ3n) is 12.2. The summed E-state index contributed by atoms with van der Waals surface area (Å²) in [5, 5.41) is 3.61. The number of aromatic nitrogens is 3. The minimum Gasteiger partial charge on any atom is -0.333 e. The summed E-state index contributed by atoms with van der Waals surface area (Å²) >= 11 is 1.60. The number of halogens is 1. The van der Waals surface area contributed by atoms with Crippen molar-refractivity contribution in [2.45, 2.75) is 39.9 Å². The van der Waals surface area contributed by atoms with Crippen molar-refractivity contribution in [1.82, 2.24) is 14.5 Å². The smallest absolute Gasteiger partial charge is 0.124 e. The predicted molar refractivity (Wildman–Crippen MR) is 285 cm³/mol. The topological polar surface area (TPSA) is 30.7 Å². The average Bonchev–Trinajstić information content (AvgIpc) is 3.93. The van der Waals surface area contributed by atoms with E-state index in [2.05, 4.69) is 177 Å². The van der Waals surface area contributed by atoms with Crippen molar-refractivity contribution >= 4 is 55.8 Å². The molecule has 7 heteroatoms. The Bertz CT molecular complexity index is 3510. The maximum atomic E-state index is 14.6. The fourth-order valence-electron chi connectivity index (χ4n) is 9.12. The molecule has 0 saturated carbocycles. The number of imidazole rings is 1. The van der Waals surface area contributed by atoms with Gasteiger partial charge in [0.15, 0.2) is 0 Å². The molecule has 0 bridgehead atoms. The number of hydrogen-bond donors (Lipinski definition) is 0. The number of nitrogens with zero attached hydrogens (tertiary/aromatic N) is 3. The summed E-state index contributed by atoms with van der Waals surface area (Å²) in [4.78, 5) is 9.97. The van der Waals surface area contributed by atoms with Crippen LogP contribution in [0.3, 0.4) is 0 Å². The van der Waals surface area contributed by atoms with E-state index in [9.17, 15) is 4.39 Å². The van der Waals surface area contributed by atoms with Crippen LogP contribution in [-0.4, -0.2) is 22.6 Å². The fourth-order valence-corrected chi connectivity index (χ4v) is 12.0. The van der Waals surface area contributed by atoms with Gasteiger partial charge in [-0.15, -0.1) is 48.0 Å². The van der Waals surface area contributed by atoms with Crippen molar-refractivity contribution in [3.8, 4) is 61.7 Å². The Labute approximate surface area is 417 Å². The van der Waals surface area contributed by atoms with Gasteiger partial charge in [-0.2, -0.15) is 11.3 Å². The molecule has 0 aliphatic rings. The van der Waals surface area contributed by atoms with E-state index in [-0.39, 0.29) is 25.9 Å². The van der Waals surface area contributed by atoms with Gasteiger partial charge in [0.1, 0.15) is 5.82 Å². The summed E-state index contributed by atoms with van der Waals surface area (Å²) in [6.45, 7) is 11.7. The number of pyridine rings is 1. The van der Waals surface area contributed by atoms with Crippen LogP contribution in [0.25, 0.3) is 92.9 Å². The molecular weight excluding hydrogens is 1050 g/mol. The van der Waals surface area contributed by atoms with E-state index in [0.29, 0.717) is 5.92 Å². The van der Waals surface area contributed by atoms with Gasteiger partial charge in [-0.25, -0.2) is 4.39 Å². The molecule has 0 unspecified atom stereocenters. The summed E-state index contributed by atoms with van der Waals surface area (Å²) < 4.78 is 18.8. The first-order valence-electron chi connectivity index (χ1n) is 22.9. The normalized spacial score (nSPS) is 11.5. The van der Waals surface area contributed by atoms with Gasteiger partial charge in [-0.05, 0) is 86.4 Å². The number of fused-ring (bicyclic) bond motifs is 4. The molecule has 337 valence electrons. The van der Waals surface area contributed by atoms with E-state index in [1.165, 1.54) is 10.8 Å². The van der Waals surface area contributed by atoms with Gasteiger partial charge in [0.2, 0.25) is 0 Å². The molecule has 0 N–H and O–H groups in total. The van der Waals surface area contributed by atoms with Gasteiger partial charge in [-0.1, -0.05) is 182 Å². The Hall–Kier alpha value is -6.60. The fraction of sp³-hybridized carbons (Fsp3) is 0.115. The van der Waals surface area contributed by atoms with E-state index in [1.54, 1.807) is 23.5 Å². The van der Waals surface area contributed by atoms with E-state index >= 15 is 0 Å². The quantitative estimate of drug-likeness (QED) is 0.107. The minimum absolute atomic E-state index is 0. The molecule has 8 aromatic carbocycles. The second kappa shape index (κ2) is 19.9. The third kappa shape index (κ3) is 9.45. The Kier molecular flexibility index (Phi) is 13.6. The van der Waals surface area contributed by atoms with Crippen LogP contribution in [0.15, 0.2) is 194 Å². The zero-order valence-corrected chi connectivity index (χ0v) is 42.9. The number of para-hydroxylation sites is 2. The van der Waals surface area contributed by atoms with E-state index in [0.717, 1.165) is 99.3 Å². The first-order chi connectivity index (χ1) is 32.6. The van der Waals surface area contributed by atoms with Crippen LogP contribution < -0.4 is 5.19 Å². The Morgan fingerprint density at radius 1 is 0.662 bits per heavy atom. The molecule has 3 heterocycles. The van der Waals surface area contributed by atoms with Crippen LogP contribution >= 0.6 is 11.3 Å². The average molecular weight is 1100 g/mol. The van der Waals surface area contributed by atoms with Crippen LogP contribution in [0.2, 0.25) is 19.6 Å². The number of thiophene rings is 1. The number of rotatable bonds is 9. The molecule has 0 amide bonds. The molecule has 0 aliphatic heterocycles. The van der Waals surface area contributed by atoms with Gasteiger partial charge >= 0.3 is 0 Å². The van der Waals surface area contributed by atoms with E-state index < -0.39 is 8.07 Å². The molecule has 0 spiro atoms. The summed E-state index contributed by atoms with van der Waals surface area (Å²) in [6.07, 6.45) is 3.24. The van der Waals surface area contributed by atoms with Crippen molar-refractivity contribution in [1.29, 1.82) is 0 Å². The first kappa shape index (κ1) is 46.5. The van der Waals surface area contributed by atoms with Crippen LogP contribution in [0.1, 0.15) is 19.4 Å². The van der Waals surface area contributed by atoms with Crippen LogP contribution in [0.4, 0.5) is 4.39 Å². The molecule has 0 saturated heterocycles. The molecule has 3 nitrogen and oxygen atoms in total. The van der Waals surface area contributed by atoms with Crippen molar-refractivity contribution in [3.05, 3.63) is 218 Å². The molecule has 11 aromatic rings. The maximum Gasteiger partial charge on any atom is 0.124 e. The summed E-state index contributed by atoms with van der Waals surface area (Å²) in [6, 6.07) is 70.8. The Morgan fingerprint density at radius 2 is 1.32 bits per heavy atom. The summed E-state index contributed by atoms with van der Waals surface area (Å²) in [5.41, 5.74) is 14.1. The third-order valence-corrected chi connectivity index (χ3v) is 15.5. The molecule has 68 heavy (non-hydrogen) atoms. The second-order valence-corrected chi connectivity index (χ2v) is 24.6. The SMILES string of the molecule is CC(C)Cc1cc(-c2[c-]cccc2)ncc1[Si](C)(C)C.Fc1ccc2c(c1)sc1c(-c3nc4ccccc4n3-c3ccc(-c4ccccc4)cc3-c3ccccc3)[c-]cc(-c3ccccc3)c12.[Ir]. The monoisotopic (exact) mass is 1100 g/mol. The van der Waals surface area contributed by atoms with Crippen molar-refractivity contribution in [2.75, 3.05) is 0 Å². The number of benzene rings is 8. The second-order valence-electron chi connectivity index (χ2n) is 18.5. The molecule has 0 aliphatic carbocycles. The summed E-state index contributed by atoms with van der Waals surface area (Å²) in [5.74, 6) is 1.22. The maximum absolute atomic E-state index is 14.6. The van der Waals surface area contributed by atoms with Crippen LogP contribution in [-0.2, 0) is 26.5 Å². The number of hydrogen-bond acceptors (Lipinski definition) is 3. The molecule has 0 atom stereocenters. The molecular formula is C61H50FIrN3SSi-2. The van der Waals surface area contributed by atoms with E-state index in [1.807, 2.05) is 60.7 Å². The van der Waals surface area contributed by atoms with E-state index in [4.69, 9.17) is 4.98 Å². The first-order valence-corrected chi connectivity index (χ1v) is 27.2. The Balaban J connectivity index is 0.000000232. The zero-order valence-electron chi connectivity index (χ0n) is 38.7. The molecule has 1 radical (unpaired) electrons. The van der Waals surface area contributed by atoms with Gasteiger partial charge in [0, 0.05) is 42.3 Å². The zero-order chi connectivity index (χ0) is 46.1. The largest absolute Gasteiger partial charge is 0.333 e. The van der Waals surface area contributed by atoms with Crippen molar-refractivity contribution in [3.63, 3.8) is 0 Å². The van der Waals surface area contributed by atoms with Crippen LogP contribution in [0.5, 0.6) is 0 Å². The van der Waals surface area contributed by atoms with Gasteiger partial charge in [0.05, 0.1) is 24.9 Å². The Morgan fingerprint density at radius 3 is 2.00 bits per heavy atom. The molecule has 0 fully saturated rings. The van der Waals surface area contributed by atoms with Crippen molar-refractivity contribution < 1.29 is 24.5 Å². The van der Waals surface area contributed by atoms with Crippen LogP contribution in [0, 0.1) is 23.9 Å². The van der Waals surface area contributed by atoms with Gasteiger partial charge in [-0.3, -0.25) is 4.98 Å². The predicted octanol–water partition coefficient (Wildman–Crippen LogP) is 16.3. The van der Waals surface area contributed by atoms with Gasteiger partial charge < -0.3 is 9.55 Å². The van der Waals surface area contributed by atoms with Gasteiger partial charge in [0.25, 0.3) is 0 Å². The van der Waals surface area contributed by atoms with Crippen molar-refractivity contribution in [2.24, 2.45) is 5.92 Å². The standard InChI is InChI=1S/C43H26FN2S.C18H24NSi.Ir/c44-32-21-22-34-40(27-32)47-42-35(24-23-33(41(34)42)29-14-6-2-7-15-29)43-45-37-18-10-11-19-39(37)46(43)38-25-20-31(28-12-4-1-5-13-28)26-36(38)30-16-8-3-9-17-30;1-14(2)11-16-12-17(15-9-7-6-8-10-15)19-13-18(16)20(3,4)5;/h1-23,25-27H;6-9,12-14H,11H2,1-5H3;/q2*-1;.